The highest BCUT2D eigenvalue weighted by Gasteiger charge is 2.24. The Morgan fingerprint density at radius 2 is 2.12 bits per heavy atom. The Morgan fingerprint density at radius 3 is 2.79 bits per heavy atom. The van der Waals surface area contributed by atoms with E-state index in [9.17, 15) is 10.1 Å². The monoisotopic (exact) mass is 373 g/mol. The highest BCUT2D eigenvalue weighted by Crippen LogP contribution is 2.29. The number of nitriles is 1. The van der Waals surface area contributed by atoms with Crippen molar-refractivity contribution in [3.05, 3.63) is 40.7 Å². The summed E-state index contributed by atoms with van der Waals surface area (Å²) in [6, 6.07) is 11.7. The normalized spacial score (nSPS) is 11.8. The largest absolute Gasteiger partial charge is 0.374 e. The van der Waals surface area contributed by atoms with Crippen LogP contribution in [0.15, 0.2) is 40.1 Å². The predicted octanol–water partition coefficient (Wildman–Crippen LogP) is 3.21. The van der Waals surface area contributed by atoms with Gasteiger partial charge in [0.1, 0.15) is 5.01 Å². The molecular formula is C15H11N5OS3. The molecule has 0 bridgehead atoms. The van der Waals surface area contributed by atoms with E-state index >= 15 is 0 Å². The van der Waals surface area contributed by atoms with Gasteiger partial charge >= 0.3 is 0 Å². The number of hydrogen-bond donors (Lipinski definition) is 1. The van der Waals surface area contributed by atoms with Crippen LogP contribution in [0.4, 0.5) is 5.13 Å². The van der Waals surface area contributed by atoms with Crippen LogP contribution in [0.1, 0.15) is 10.9 Å². The van der Waals surface area contributed by atoms with Crippen molar-refractivity contribution in [3.8, 4) is 17.3 Å². The fourth-order valence-corrected chi connectivity index (χ4v) is 4.36. The van der Waals surface area contributed by atoms with Crippen LogP contribution in [-0.2, 0) is 4.79 Å². The summed E-state index contributed by atoms with van der Waals surface area (Å²) >= 11 is 3.77. The molecule has 3 aromatic rings. The fourth-order valence-electron chi connectivity index (χ4n) is 1.92. The van der Waals surface area contributed by atoms with E-state index in [4.69, 9.17) is 5.73 Å². The molecule has 0 radical (unpaired) electrons. The molecule has 24 heavy (non-hydrogen) atoms. The first-order valence-electron chi connectivity index (χ1n) is 6.82. The van der Waals surface area contributed by atoms with Crippen LogP contribution in [0.3, 0.4) is 0 Å². The Morgan fingerprint density at radius 1 is 1.33 bits per heavy atom. The molecule has 1 aromatic carbocycles. The third kappa shape index (κ3) is 3.79. The molecule has 0 spiro atoms. The topological polar surface area (TPSA) is 106 Å². The van der Waals surface area contributed by atoms with E-state index in [1.54, 1.807) is 0 Å². The van der Waals surface area contributed by atoms with Crippen molar-refractivity contribution in [1.82, 2.24) is 15.2 Å². The maximum Gasteiger partial charge on any atom is 0.203 e. The minimum absolute atomic E-state index is 0.132. The summed E-state index contributed by atoms with van der Waals surface area (Å²) in [7, 11) is 0. The van der Waals surface area contributed by atoms with E-state index in [0.717, 1.165) is 11.3 Å². The van der Waals surface area contributed by atoms with Gasteiger partial charge in [0, 0.05) is 10.9 Å². The van der Waals surface area contributed by atoms with Gasteiger partial charge in [0.2, 0.25) is 5.13 Å². The SMILES string of the molecule is N#CC(C(=O)CSc1nnc(N)s1)c1nc(-c2ccccc2)cs1. The number of nitrogen functional groups attached to an aromatic ring is 1. The van der Waals surface area contributed by atoms with Crippen molar-refractivity contribution in [2.75, 3.05) is 11.5 Å². The molecule has 2 heterocycles. The number of ketones is 1. The predicted molar refractivity (Wildman–Crippen MR) is 96.0 cm³/mol. The van der Waals surface area contributed by atoms with E-state index < -0.39 is 5.92 Å². The maximum absolute atomic E-state index is 12.3. The Kier molecular flexibility index (Phi) is 5.20. The van der Waals surface area contributed by atoms with Crippen molar-refractivity contribution < 1.29 is 4.79 Å². The molecule has 120 valence electrons. The zero-order valence-corrected chi connectivity index (χ0v) is 14.7. The van der Waals surface area contributed by atoms with Crippen LogP contribution in [0, 0.1) is 11.3 Å². The Balaban J connectivity index is 1.71. The minimum atomic E-state index is -0.870. The number of nitrogens with two attached hydrogens (primary N) is 1. The maximum atomic E-state index is 12.3. The van der Waals surface area contributed by atoms with Gasteiger partial charge in [-0.25, -0.2) is 4.98 Å². The van der Waals surface area contributed by atoms with Gasteiger partial charge in [0.05, 0.1) is 17.5 Å². The molecule has 0 aliphatic rings. The number of carbonyl (C=O) groups excluding carboxylic acids is 1. The molecule has 2 N–H and O–H groups in total. The van der Waals surface area contributed by atoms with Crippen LogP contribution in [0.25, 0.3) is 11.3 Å². The lowest BCUT2D eigenvalue weighted by molar-refractivity contribution is -0.116. The summed E-state index contributed by atoms with van der Waals surface area (Å²) in [5.41, 5.74) is 7.24. The molecule has 1 unspecified atom stereocenters. The zero-order valence-electron chi connectivity index (χ0n) is 12.2. The first-order chi connectivity index (χ1) is 11.7. The third-order valence-corrected chi connectivity index (χ3v) is 5.87. The van der Waals surface area contributed by atoms with Crippen molar-refractivity contribution in [2.24, 2.45) is 0 Å². The van der Waals surface area contributed by atoms with E-state index in [1.807, 2.05) is 35.7 Å². The summed E-state index contributed by atoms with van der Waals surface area (Å²) in [6.07, 6.45) is 0. The van der Waals surface area contributed by atoms with E-state index in [-0.39, 0.29) is 11.5 Å². The Bertz CT molecular complexity index is 884. The summed E-state index contributed by atoms with van der Waals surface area (Å²) in [4.78, 5) is 16.8. The number of carbonyl (C=O) groups is 1. The molecule has 9 heteroatoms. The number of thiazole rings is 1. The van der Waals surface area contributed by atoms with Gasteiger partial charge in [-0.05, 0) is 0 Å². The summed E-state index contributed by atoms with van der Waals surface area (Å²) in [6.45, 7) is 0. The second kappa shape index (κ2) is 7.53. The molecule has 0 fully saturated rings. The lowest BCUT2D eigenvalue weighted by Crippen LogP contribution is -2.13. The number of hydrogen-bond acceptors (Lipinski definition) is 9. The van der Waals surface area contributed by atoms with E-state index in [1.165, 1.54) is 34.4 Å². The van der Waals surface area contributed by atoms with Crippen molar-refractivity contribution >= 4 is 45.4 Å². The molecule has 2 aromatic heterocycles. The summed E-state index contributed by atoms with van der Waals surface area (Å²) in [5, 5.41) is 19.6. The summed E-state index contributed by atoms with van der Waals surface area (Å²) in [5.74, 6) is -0.942. The number of thioether (sulfide) groups is 1. The second-order valence-corrected chi connectivity index (χ2v) is 7.78. The quantitative estimate of drug-likeness (QED) is 0.661. The number of Topliss-reactive ketones (excluding diaryl/α,β-unsaturated/α-hetero) is 1. The Labute approximate surface area is 150 Å². The highest BCUT2D eigenvalue weighted by atomic mass is 32.2. The highest BCUT2D eigenvalue weighted by molar-refractivity contribution is 8.01. The molecule has 0 saturated heterocycles. The van der Waals surface area contributed by atoms with Crippen molar-refractivity contribution in [1.29, 1.82) is 5.26 Å². The standard InChI is InChI=1S/C15H11N5OS3/c16-6-10(12(21)8-23-15-20-19-14(17)24-15)13-18-11(7-22-13)9-4-2-1-3-5-9/h1-5,7,10H,8H2,(H2,17,19). The Hall–Kier alpha value is -2.28. The van der Waals surface area contributed by atoms with Gasteiger partial charge in [-0.1, -0.05) is 53.4 Å². The van der Waals surface area contributed by atoms with Gasteiger partial charge in [-0.2, -0.15) is 5.26 Å². The average molecular weight is 373 g/mol. The first-order valence-corrected chi connectivity index (χ1v) is 9.50. The van der Waals surface area contributed by atoms with Gasteiger partial charge in [0.25, 0.3) is 0 Å². The fraction of sp³-hybridized carbons (Fsp3) is 0.133. The average Bonchev–Trinajstić information content (AvgIpc) is 3.24. The molecule has 0 aliphatic carbocycles. The zero-order chi connectivity index (χ0) is 16.9. The molecule has 3 rings (SSSR count). The second-order valence-electron chi connectivity index (χ2n) is 4.66. The van der Waals surface area contributed by atoms with Crippen LogP contribution in [0.2, 0.25) is 0 Å². The first kappa shape index (κ1) is 16.6. The van der Waals surface area contributed by atoms with Gasteiger partial charge in [-0.3, -0.25) is 4.79 Å². The van der Waals surface area contributed by atoms with Crippen LogP contribution in [-0.4, -0.2) is 26.7 Å². The molecule has 0 aliphatic heterocycles. The molecular weight excluding hydrogens is 362 g/mol. The number of benzene rings is 1. The number of aromatic nitrogens is 3. The van der Waals surface area contributed by atoms with Gasteiger partial charge in [-0.15, -0.1) is 21.5 Å². The van der Waals surface area contributed by atoms with Crippen LogP contribution in [0.5, 0.6) is 0 Å². The van der Waals surface area contributed by atoms with E-state index in [0.29, 0.717) is 14.5 Å². The molecule has 1 atom stereocenters. The molecule has 6 nitrogen and oxygen atoms in total. The lowest BCUT2D eigenvalue weighted by Gasteiger charge is -2.03. The molecule has 0 amide bonds. The van der Waals surface area contributed by atoms with Crippen molar-refractivity contribution in [3.63, 3.8) is 0 Å². The minimum Gasteiger partial charge on any atom is -0.374 e. The molecule has 0 saturated carbocycles. The van der Waals surface area contributed by atoms with Gasteiger partial charge < -0.3 is 5.73 Å². The lowest BCUT2D eigenvalue weighted by atomic mass is 10.1. The smallest absolute Gasteiger partial charge is 0.203 e. The van der Waals surface area contributed by atoms with Gasteiger partial charge in [0.15, 0.2) is 16.0 Å². The van der Waals surface area contributed by atoms with Crippen molar-refractivity contribution in [2.45, 2.75) is 10.3 Å². The number of nitrogens with zero attached hydrogens (tertiary/aromatic N) is 4. The summed E-state index contributed by atoms with van der Waals surface area (Å²) < 4.78 is 0.613. The number of anilines is 1. The van der Waals surface area contributed by atoms with Crippen LogP contribution < -0.4 is 5.73 Å². The van der Waals surface area contributed by atoms with E-state index in [2.05, 4.69) is 21.3 Å². The third-order valence-electron chi connectivity index (χ3n) is 3.05. The van der Waals surface area contributed by atoms with Crippen LogP contribution >= 0.6 is 34.4 Å². The number of rotatable bonds is 6.